The number of ether oxygens (including phenoxy) is 1. The quantitative estimate of drug-likeness (QED) is 0.335. The third kappa shape index (κ3) is 9.63. The van der Waals surface area contributed by atoms with E-state index in [1.54, 1.807) is 24.3 Å². The van der Waals surface area contributed by atoms with Gasteiger partial charge in [-0.25, -0.2) is 8.42 Å². The van der Waals surface area contributed by atoms with Gasteiger partial charge in [-0.2, -0.15) is 0 Å². The predicted octanol–water partition coefficient (Wildman–Crippen LogP) is 4.71. The molecule has 0 bridgehead atoms. The summed E-state index contributed by atoms with van der Waals surface area (Å²) in [5, 5.41) is 3.02. The molecule has 0 aliphatic carbocycles. The maximum Gasteiger partial charge on any atom is 0.244 e. The molecule has 220 valence electrons. The molecule has 41 heavy (non-hydrogen) atoms. The number of hydrogen-bond acceptors (Lipinski definition) is 5. The van der Waals surface area contributed by atoms with Gasteiger partial charge in [0.2, 0.25) is 21.8 Å². The lowest BCUT2D eigenvalue weighted by Crippen LogP contribution is -2.56. The van der Waals surface area contributed by atoms with E-state index in [9.17, 15) is 18.0 Å². The molecule has 0 aromatic heterocycles. The van der Waals surface area contributed by atoms with Crippen molar-refractivity contribution in [3.05, 3.63) is 95.6 Å². The molecular formula is C32H41N3O5S. The second-order valence-electron chi connectivity index (χ2n) is 11.1. The second-order valence-corrected chi connectivity index (χ2v) is 13.1. The van der Waals surface area contributed by atoms with E-state index in [0.29, 0.717) is 18.0 Å². The fourth-order valence-electron chi connectivity index (χ4n) is 4.39. The maximum atomic E-state index is 14.1. The molecule has 0 unspecified atom stereocenters. The first-order valence-corrected chi connectivity index (χ1v) is 15.5. The molecule has 0 aliphatic heterocycles. The van der Waals surface area contributed by atoms with Gasteiger partial charge in [-0.15, -0.1) is 0 Å². The fourth-order valence-corrected chi connectivity index (χ4v) is 5.24. The van der Waals surface area contributed by atoms with E-state index in [1.807, 2.05) is 89.2 Å². The number of amides is 2. The minimum Gasteiger partial charge on any atom is -0.494 e. The molecule has 0 heterocycles. The van der Waals surface area contributed by atoms with Crippen LogP contribution in [0.2, 0.25) is 0 Å². The van der Waals surface area contributed by atoms with Gasteiger partial charge in [-0.1, -0.05) is 60.2 Å². The van der Waals surface area contributed by atoms with E-state index in [-0.39, 0.29) is 18.9 Å². The van der Waals surface area contributed by atoms with E-state index in [1.165, 1.54) is 4.90 Å². The Morgan fingerprint density at radius 1 is 0.902 bits per heavy atom. The molecule has 0 aliphatic rings. The number of carbonyl (C=O) groups is 2. The zero-order valence-electron chi connectivity index (χ0n) is 24.8. The molecule has 2 amide bonds. The van der Waals surface area contributed by atoms with Crippen molar-refractivity contribution in [2.75, 3.05) is 23.7 Å². The average molecular weight is 580 g/mol. The standard InChI is InChI=1S/C32H41N3O5S/c1-7-40-28-19-17-27(18-20-28)35(41(6,38)39)23-30(36)34(22-26-15-13-24(2)14-16-26)29(31(37)33-32(3,4)5)21-25-11-9-8-10-12-25/h8-20,29H,7,21-23H2,1-6H3,(H,33,37)/t29-/m1/s1. The van der Waals surface area contributed by atoms with Crippen LogP contribution in [0.3, 0.4) is 0 Å². The number of sulfonamides is 1. The topological polar surface area (TPSA) is 96.0 Å². The maximum absolute atomic E-state index is 14.1. The fraction of sp³-hybridized carbons (Fsp3) is 0.375. The molecule has 9 heteroatoms. The number of nitrogens with zero attached hydrogens (tertiary/aromatic N) is 2. The van der Waals surface area contributed by atoms with Crippen molar-refractivity contribution in [1.29, 1.82) is 0 Å². The Balaban J connectivity index is 2.04. The van der Waals surface area contributed by atoms with E-state index < -0.39 is 34.1 Å². The number of hydrogen-bond donors (Lipinski definition) is 1. The summed E-state index contributed by atoms with van der Waals surface area (Å²) in [6.07, 6.45) is 1.33. The lowest BCUT2D eigenvalue weighted by Gasteiger charge is -2.35. The number of benzene rings is 3. The molecule has 3 aromatic rings. The van der Waals surface area contributed by atoms with Crippen molar-refractivity contribution in [2.45, 2.75) is 59.2 Å². The molecule has 0 saturated heterocycles. The third-order valence-corrected chi connectivity index (χ3v) is 7.50. The van der Waals surface area contributed by atoms with Crippen LogP contribution in [-0.2, 0) is 32.6 Å². The van der Waals surface area contributed by atoms with Crippen LogP contribution in [0.15, 0.2) is 78.9 Å². The van der Waals surface area contributed by atoms with Crippen molar-refractivity contribution in [3.63, 3.8) is 0 Å². The van der Waals surface area contributed by atoms with Crippen molar-refractivity contribution in [2.24, 2.45) is 0 Å². The summed E-state index contributed by atoms with van der Waals surface area (Å²) in [6, 6.07) is 22.9. The Morgan fingerprint density at radius 2 is 1.51 bits per heavy atom. The predicted molar refractivity (Wildman–Crippen MR) is 163 cm³/mol. The Hall–Kier alpha value is -3.85. The smallest absolute Gasteiger partial charge is 0.244 e. The summed E-state index contributed by atoms with van der Waals surface area (Å²) in [7, 11) is -3.84. The van der Waals surface area contributed by atoms with Gasteiger partial charge in [-0.05, 0) is 70.0 Å². The van der Waals surface area contributed by atoms with Crippen molar-refractivity contribution < 1.29 is 22.7 Å². The van der Waals surface area contributed by atoms with Gasteiger partial charge >= 0.3 is 0 Å². The van der Waals surface area contributed by atoms with E-state index in [0.717, 1.165) is 27.3 Å². The Bertz CT molecular complexity index is 1400. The molecule has 1 atom stereocenters. The van der Waals surface area contributed by atoms with Crippen LogP contribution >= 0.6 is 0 Å². The van der Waals surface area contributed by atoms with Crippen LogP contribution < -0.4 is 14.4 Å². The summed E-state index contributed by atoms with van der Waals surface area (Å²) in [6.45, 7) is 9.63. The molecule has 0 radical (unpaired) electrons. The van der Waals surface area contributed by atoms with Gasteiger partial charge in [-0.3, -0.25) is 13.9 Å². The Morgan fingerprint density at radius 3 is 2.05 bits per heavy atom. The van der Waals surface area contributed by atoms with Crippen LogP contribution in [0.5, 0.6) is 5.75 Å². The highest BCUT2D eigenvalue weighted by molar-refractivity contribution is 7.92. The lowest BCUT2D eigenvalue weighted by atomic mass is 10.0. The van der Waals surface area contributed by atoms with Crippen LogP contribution in [0, 0.1) is 6.92 Å². The molecule has 8 nitrogen and oxygen atoms in total. The highest BCUT2D eigenvalue weighted by Gasteiger charge is 2.34. The molecule has 3 rings (SSSR count). The normalized spacial score (nSPS) is 12.3. The summed E-state index contributed by atoms with van der Waals surface area (Å²) in [5.41, 5.74) is 2.58. The largest absolute Gasteiger partial charge is 0.494 e. The molecule has 3 aromatic carbocycles. The molecule has 0 saturated carbocycles. The monoisotopic (exact) mass is 579 g/mol. The summed E-state index contributed by atoms with van der Waals surface area (Å²) < 4.78 is 32.4. The first kappa shape index (κ1) is 31.7. The summed E-state index contributed by atoms with van der Waals surface area (Å²) in [5.74, 6) is -0.206. The van der Waals surface area contributed by atoms with Gasteiger partial charge < -0.3 is 15.0 Å². The highest BCUT2D eigenvalue weighted by atomic mass is 32.2. The Labute approximate surface area is 244 Å². The number of anilines is 1. The van der Waals surface area contributed by atoms with Gasteiger partial charge in [0.1, 0.15) is 18.3 Å². The minimum absolute atomic E-state index is 0.134. The number of aryl methyl sites for hydroxylation is 1. The average Bonchev–Trinajstić information content (AvgIpc) is 2.90. The second kappa shape index (κ2) is 13.7. The van der Waals surface area contributed by atoms with Crippen LogP contribution in [0.4, 0.5) is 5.69 Å². The van der Waals surface area contributed by atoms with E-state index in [4.69, 9.17) is 4.74 Å². The number of carbonyl (C=O) groups excluding carboxylic acids is 2. The van der Waals surface area contributed by atoms with Gasteiger partial charge in [0.25, 0.3) is 0 Å². The van der Waals surface area contributed by atoms with Gasteiger partial charge in [0, 0.05) is 18.5 Å². The first-order valence-electron chi connectivity index (χ1n) is 13.7. The summed E-state index contributed by atoms with van der Waals surface area (Å²) in [4.78, 5) is 29.4. The zero-order chi connectivity index (χ0) is 30.2. The van der Waals surface area contributed by atoms with Crippen molar-refractivity contribution >= 4 is 27.5 Å². The van der Waals surface area contributed by atoms with Gasteiger partial charge in [0.05, 0.1) is 18.6 Å². The minimum atomic E-state index is -3.84. The lowest BCUT2D eigenvalue weighted by molar-refractivity contribution is -0.140. The molecule has 0 fully saturated rings. The number of rotatable bonds is 12. The SMILES string of the molecule is CCOc1ccc(N(CC(=O)N(Cc2ccc(C)cc2)[C@H](Cc2ccccc2)C(=O)NC(C)(C)C)S(C)(=O)=O)cc1. The summed E-state index contributed by atoms with van der Waals surface area (Å²) >= 11 is 0. The van der Waals surface area contributed by atoms with Gasteiger partial charge in [0.15, 0.2) is 0 Å². The van der Waals surface area contributed by atoms with Crippen LogP contribution in [-0.4, -0.2) is 56.1 Å². The van der Waals surface area contributed by atoms with Crippen LogP contribution in [0.1, 0.15) is 44.4 Å². The third-order valence-electron chi connectivity index (χ3n) is 6.36. The van der Waals surface area contributed by atoms with Crippen molar-refractivity contribution in [1.82, 2.24) is 10.2 Å². The molecular weight excluding hydrogens is 538 g/mol. The molecule has 0 spiro atoms. The van der Waals surface area contributed by atoms with E-state index in [2.05, 4.69) is 5.32 Å². The zero-order valence-corrected chi connectivity index (χ0v) is 25.6. The first-order chi connectivity index (χ1) is 19.3. The number of nitrogens with one attached hydrogen (secondary N) is 1. The van der Waals surface area contributed by atoms with E-state index >= 15 is 0 Å². The van der Waals surface area contributed by atoms with Crippen LogP contribution in [0.25, 0.3) is 0 Å². The highest BCUT2D eigenvalue weighted by Crippen LogP contribution is 2.23. The van der Waals surface area contributed by atoms with Crippen molar-refractivity contribution in [3.8, 4) is 5.75 Å². The molecule has 1 N–H and O–H groups in total. The Kier molecular flexibility index (Phi) is 10.6.